The average molecular weight is 370 g/mol. The molecule has 0 fully saturated rings. The highest BCUT2D eigenvalue weighted by atomic mass is 35.5. The van der Waals surface area contributed by atoms with E-state index in [0.717, 1.165) is 6.20 Å². The van der Waals surface area contributed by atoms with Crippen molar-refractivity contribution in [2.75, 3.05) is 0 Å². The van der Waals surface area contributed by atoms with E-state index in [1.807, 2.05) is 6.92 Å². The molecule has 11 nitrogen and oxygen atoms in total. The minimum absolute atomic E-state index is 0.000768. The van der Waals surface area contributed by atoms with E-state index in [0.29, 0.717) is 6.54 Å². The number of nitrogens with zero attached hydrogens (tertiary/aromatic N) is 5. The number of carbonyl (C=O) groups excluding carboxylic acids is 2. The van der Waals surface area contributed by atoms with Crippen molar-refractivity contribution < 1.29 is 14.5 Å². The lowest BCUT2D eigenvalue weighted by atomic mass is 10.2. The predicted octanol–water partition coefficient (Wildman–Crippen LogP) is 0.758. The molecule has 2 heterocycles. The van der Waals surface area contributed by atoms with Crippen LogP contribution >= 0.6 is 11.6 Å². The number of halogens is 1. The lowest BCUT2D eigenvalue weighted by molar-refractivity contribution is -0.385. The molecule has 0 aromatic carbocycles. The van der Waals surface area contributed by atoms with Gasteiger partial charge < -0.3 is 0 Å². The third kappa shape index (κ3) is 4.53. The summed E-state index contributed by atoms with van der Waals surface area (Å²) < 4.78 is 2.77. The van der Waals surface area contributed by atoms with E-state index in [2.05, 4.69) is 21.0 Å². The number of aryl methyl sites for hydroxylation is 1. The molecule has 0 radical (unpaired) electrons. The van der Waals surface area contributed by atoms with E-state index >= 15 is 0 Å². The van der Waals surface area contributed by atoms with Crippen LogP contribution in [0.4, 0.5) is 5.69 Å². The van der Waals surface area contributed by atoms with E-state index in [9.17, 15) is 19.7 Å². The third-order valence-electron chi connectivity index (χ3n) is 3.29. The molecule has 0 saturated heterocycles. The number of nitro groups is 1. The van der Waals surface area contributed by atoms with Gasteiger partial charge in [-0.2, -0.15) is 10.2 Å². The Hall–Kier alpha value is -2.95. The van der Waals surface area contributed by atoms with Crippen LogP contribution < -0.4 is 10.9 Å². The number of hydrogen-bond acceptors (Lipinski definition) is 6. The number of hydrogen-bond donors (Lipinski definition) is 2. The van der Waals surface area contributed by atoms with Gasteiger partial charge in [0.05, 0.1) is 22.4 Å². The number of aromatic nitrogens is 4. The van der Waals surface area contributed by atoms with Gasteiger partial charge in [-0.25, -0.2) is 0 Å². The number of hydrazine groups is 1. The van der Waals surface area contributed by atoms with Crippen molar-refractivity contribution in [2.24, 2.45) is 5.92 Å². The standard InChI is InChI=1S/C13H16ClN7O4/c1-3-19-7-10(14)11(18-19)13(23)17-16-12(22)8(2)5-20-6-9(4-15-20)21(24)25/h4,6-8H,3,5H2,1-2H3,(H,16,22)(H,17,23)/t8-/m1/s1. The van der Waals surface area contributed by atoms with Gasteiger partial charge in [0.1, 0.15) is 12.4 Å². The maximum atomic E-state index is 12.0. The van der Waals surface area contributed by atoms with Crippen LogP contribution in [0.1, 0.15) is 24.3 Å². The number of amides is 2. The SMILES string of the molecule is CCn1cc(Cl)c(C(=O)NNC(=O)[C@H](C)Cn2cc([N+](=O)[O-])cn2)n1. The van der Waals surface area contributed by atoms with E-state index in [1.54, 1.807) is 6.92 Å². The second-order valence-corrected chi connectivity index (χ2v) is 5.61. The molecule has 2 N–H and O–H groups in total. The van der Waals surface area contributed by atoms with Gasteiger partial charge in [0.25, 0.3) is 5.91 Å². The molecule has 0 aliphatic carbocycles. The van der Waals surface area contributed by atoms with Crippen molar-refractivity contribution >= 4 is 29.1 Å². The first-order chi connectivity index (χ1) is 11.8. The second kappa shape index (κ2) is 7.75. The molecule has 2 aromatic heterocycles. The molecule has 0 unspecified atom stereocenters. The van der Waals surface area contributed by atoms with Gasteiger partial charge in [-0.15, -0.1) is 0 Å². The molecular weight excluding hydrogens is 354 g/mol. The van der Waals surface area contributed by atoms with Crippen LogP contribution in [0.5, 0.6) is 0 Å². The maximum absolute atomic E-state index is 12.0. The van der Waals surface area contributed by atoms with E-state index in [1.165, 1.54) is 21.8 Å². The molecule has 2 rings (SSSR count). The Bertz CT molecular complexity index is 800. The first-order valence-corrected chi connectivity index (χ1v) is 7.69. The molecule has 25 heavy (non-hydrogen) atoms. The quantitative estimate of drug-likeness (QED) is 0.569. The summed E-state index contributed by atoms with van der Waals surface area (Å²) in [6.07, 6.45) is 3.82. The summed E-state index contributed by atoms with van der Waals surface area (Å²) in [5.41, 5.74) is 4.33. The normalized spacial score (nSPS) is 11.8. The fourth-order valence-electron chi connectivity index (χ4n) is 1.92. The van der Waals surface area contributed by atoms with Crippen LogP contribution in [0.2, 0.25) is 5.02 Å². The summed E-state index contributed by atoms with van der Waals surface area (Å²) in [6, 6.07) is 0. The van der Waals surface area contributed by atoms with Gasteiger partial charge in [-0.1, -0.05) is 18.5 Å². The van der Waals surface area contributed by atoms with Crippen molar-refractivity contribution in [3.05, 3.63) is 39.4 Å². The van der Waals surface area contributed by atoms with Crippen LogP contribution in [-0.2, 0) is 17.9 Å². The van der Waals surface area contributed by atoms with Crippen LogP contribution in [0.25, 0.3) is 0 Å². The van der Waals surface area contributed by atoms with Crippen LogP contribution in [0.15, 0.2) is 18.6 Å². The molecule has 0 aliphatic rings. The number of nitrogens with one attached hydrogen (secondary N) is 2. The van der Waals surface area contributed by atoms with E-state index < -0.39 is 22.7 Å². The molecule has 2 aromatic rings. The van der Waals surface area contributed by atoms with Gasteiger partial charge in [0.2, 0.25) is 5.91 Å². The first kappa shape index (κ1) is 18.4. The molecule has 1 atom stereocenters. The molecule has 0 saturated carbocycles. The second-order valence-electron chi connectivity index (χ2n) is 5.20. The Balaban J connectivity index is 1.88. The van der Waals surface area contributed by atoms with Gasteiger partial charge in [0, 0.05) is 12.7 Å². The zero-order valence-corrected chi connectivity index (χ0v) is 14.2. The summed E-state index contributed by atoms with van der Waals surface area (Å²) >= 11 is 5.91. The summed E-state index contributed by atoms with van der Waals surface area (Å²) in [5, 5.41) is 18.6. The lowest BCUT2D eigenvalue weighted by Crippen LogP contribution is -2.45. The largest absolute Gasteiger partial charge is 0.306 e. The van der Waals surface area contributed by atoms with Crippen molar-refractivity contribution in [3.63, 3.8) is 0 Å². The van der Waals surface area contributed by atoms with E-state index in [4.69, 9.17) is 11.6 Å². The number of rotatable bonds is 6. The molecule has 0 aliphatic heterocycles. The molecule has 0 bridgehead atoms. The molecule has 134 valence electrons. The highest BCUT2D eigenvalue weighted by Gasteiger charge is 2.19. The topological polar surface area (TPSA) is 137 Å². The number of carbonyl (C=O) groups is 2. The van der Waals surface area contributed by atoms with Crippen molar-refractivity contribution in [1.29, 1.82) is 0 Å². The van der Waals surface area contributed by atoms with Gasteiger partial charge in [-0.3, -0.25) is 39.9 Å². The van der Waals surface area contributed by atoms with E-state index in [-0.39, 0.29) is 22.9 Å². The zero-order valence-electron chi connectivity index (χ0n) is 13.5. The Morgan fingerprint density at radius 1 is 1.36 bits per heavy atom. The summed E-state index contributed by atoms with van der Waals surface area (Å²) in [5.74, 6) is -1.73. The molecular formula is C13H16ClN7O4. The fraction of sp³-hybridized carbons (Fsp3) is 0.385. The third-order valence-corrected chi connectivity index (χ3v) is 3.57. The maximum Gasteiger partial charge on any atom is 0.306 e. The van der Waals surface area contributed by atoms with Gasteiger partial charge >= 0.3 is 5.69 Å². The van der Waals surface area contributed by atoms with Gasteiger partial charge in [0.15, 0.2) is 5.69 Å². The molecule has 0 spiro atoms. The Morgan fingerprint density at radius 2 is 2.08 bits per heavy atom. The minimum Gasteiger partial charge on any atom is -0.273 e. The minimum atomic E-state index is -0.646. The zero-order chi connectivity index (χ0) is 18.6. The summed E-state index contributed by atoms with van der Waals surface area (Å²) in [4.78, 5) is 34.0. The Kier molecular flexibility index (Phi) is 5.70. The van der Waals surface area contributed by atoms with Crippen molar-refractivity contribution in [2.45, 2.75) is 26.9 Å². The first-order valence-electron chi connectivity index (χ1n) is 7.31. The Labute approximate surface area is 147 Å². The smallest absolute Gasteiger partial charge is 0.273 e. The average Bonchev–Trinajstić information content (AvgIpc) is 3.18. The van der Waals surface area contributed by atoms with Crippen molar-refractivity contribution in [3.8, 4) is 0 Å². The van der Waals surface area contributed by atoms with Crippen LogP contribution in [-0.4, -0.2) is 36.3 Å². The van der Waals surface area contributed by atoms with Crippen LogP contribution in [0.3, 0.4) is 0 Å². The Morgan fingerprint density at radius 3 is 2.64 bits per heavy atom. The highest BCUT2D eigenvalue weighted by molar-refractivity contribution is 6.33. The van der Waals surface area contributed by atoms with Gasteiger partial charge in [-0.05, 0) is 6.92 Å². The molecule has 12 heteroatoms. The summed E-state index contributed by atoms with van der Waals surface area (Å²) in [6.45, 7) is 4.09. The lowest BCUT2D eigenvalue weighted by Gasteiger charge is -2.12. The van der Waals surface area contributed by atoms with Crippen molar-refractivity contribution in [1.82, 2.24) is 30.4 Å². The predicted molar refractivity (Wildman–Crippen MR) is 86.6 cm³/mol. The monoisotopic (exact) mass is 369 g/mol. The highest BCUT2D eigenvalue weighted by Crippen LogP contribution is 2.13. The molecule has 2 amide bonds. The summed E-state index contributed by atoms with van der Waals surface area (Å²) in [7, 11) is 0. The van der Waals surface area contributed by atoms with Crippen LogP contribution in [0, 0.1) is 16.0 Å². The fourth-order valence-corrected chi connectivity index (χ4v) is 2.16.